The van der Waals surface area contributed by atoms with E-state index in [4.69, 9.17) is 5.73 Å². The van der Waals surface area contributed by atoms with Gasteiger partial charge in [-0.2, -0.15) is 0 Å². The van der Waals surface area contributed by atoms with Crippen molar-refractivity contribution in [2.45, 2.75) is 82.7 Å². The van der Waals surface area contributed by atoms with Crippen molar-refractivity contribution in [3.8, 4) is 0 Å². The molecule has 1 spiro atoms. The average molecular weight is 276 g/mol. The van der Waals surface area contributed by atoms with E-state index in [1.807, 2.05) is 0 Å². The van der Waals surface area contributed by atoms with Crippen LogP contribution in [0.25, 0.3) is 0 Å². The van der Waals surface area contributed by atoms with Gasteiger partial charge in [0.1, 0.15) is 0 Å². The first-order valence-corrected chi connectivity index (χ1v) is 9.25. The van der Waals surface area contributed by atoms with Gasteiger partial charge in [0, 0.05) is 25.2 Å². The molecule has 0 aromatic rings. The van der Waals surface area contributed by atoms with E-state index in [1.54, 1.807) is 0 Å². The molecule has 4 fully saturated rings. The van der Waals surface area contributed by atoms with Crippen LogP contribution in [-0.4, -0.2) is 30.1 Å². The Balaban J connectivity index is 1.36. The molecule has 0 aromatic heterocycles. The molecule has 0 aromatic carbocycles. The van der Waals surface area contributed by atoms with Crippen LogP contribution in [0, 0.1) is 17.3 Å². The minimum atomic E-state index is 0.503. The largest absolute Gasteiger partial charge is 0.327 e. The smallest absolute Gasteiger partial charge is 0.00959 e. The summed E-state index contributed by atoms with van der Waals surface area (Å²) in [5, 5.41) is 0. The molecule has 4 aliphatic rings. The lowest BCUT2D eigenvalue weighted by Crippen LogP contribution is -2.41. The number of rotatable bonds is 1. The van der Waals surface area contributed by atoms with Gasteiger partial charge in [0.2, 0.25) is 0 Å². The van der Waals surface area contributed by atoms with E-state index < -0.39 is 0 Å². The average Bonchev–Trinajstić information content (AvgIpc) is 3.08. The van der Waals surface area contributed by atoms with Gasteiger partial charge in [-0.05, 0) is 68.6 Å². The van der Waals surface area contributed by atoms with E-state index >= 15 is 0 Å². The molecule has 1 saturated heterocycles. The van der Waals surface area contributed by atoms with Gasteiger partial charge >= 0.3 is 0 Å². The Labute approximate surface area is 124 Å². The molecule has 114 valence electrons. The van der Waals surface area contributed by atoms with Gasteiger partial charge in [-0.3, -0.25) is 4.90 Å². The molecule has 1 heterocycles. The Morgan fingerprint density at radius 1 is 0.800 bits per heavy atom. The van der Waals surface area contributed by atoms with E-state index in [2.05, 4.69) is 4.90 Å². The van der Waals surface area contributed by atoms with Crippen LogP contribution in [0.3, 0.4) is 0 Å². The molecule has 2 heteroatoms. The van der Waals surface area contributed by atoms with Crippen molar-refractivity contribution in [1.29, 1.82) is 0 Å². The lowest BCUT2D eigenvalue weighted by molar-refractivity contribution is 0.103. The lowest BCUT2D eigenvalue weighted by atomic mass is 9.71. The van der Waals surface area contributed by atoms with E-state index in [0.29, 0.717) is 6.04 Å². The maximum atomic E-state index is 6.38. The highest BCUT2D eigenvalue weighted by atomic mass is 15.2. The lowest BCUT2D eigenvalue weighted by Gasteiger charge is -2.41. The van der Waals surface area contributed by atoms with Crippen LogP contribution in [0.15, 0.2) is 0 Å². The van der Waals surface area contributed by atoms with Gasteiger partial charge in [-0.25, -0.2) is 0 Å². The third-order valence-electron chi connectivity index (χ3n) is 7.38. The molecule has 3 saturated carbocycles. The minimum absolute atomic E-state index is 0.503. The number of fused-ring (bicyclic) bond motifs is 1. The summed E-state index contributed by atoms with van der Waals surface area (Å²) in [6, 6.07) is 1.41. The summed E-state index contributed by atoms with van der Waals surface area (Å²) in [6.07, 6.45) is 16.2. The van der Waals surface area contributed by atoms with Gasteiger partial charge in [-0.15, -0.1) is 0 Å². The Hall–Kier alpha value is -0.0800. The number of nitrogens with zero attached hydrogens (tertiary/aromatic N) is 1. The third-order valence-corrected chi connectivity index (χ3v) is 7.38. The molecule has 0 amide bonds. The van der Waals surface area contributed by atoms with Crippen LogP contribution in [-0.2, 0) is 0 Å². The van der Waals surface area contributed by atoms with Crippen molar-refractivity contribution in [2.24, 2.45) is 23.0 Å². The predicted molar refractivity (Wildman–Crippen MR) is 83.5 cm³/mol. The zero-order valence-corrected chi connectivity index (χ0v) is 13.0. The fourth-order valence-electron chi connectivity index (χ4n) is 6.05. The monoisotopic (exact) mass is 276 g/mol. The minimum Gasteiger partial charge on any atom is -0.327 e. The summed E-state index contributed by atoms with van der Waals surface area (Å²) in [5.74, 6) is 1.76. The fourth-order valence-corrected chi connectivity index (χ4v) is 6.05. The first-order valence-electron chi connectivity index (χ1n) is 9.25. The number of likely N-dealkylation sites (tertiary alicyclic amines) is 1. The second-order valence-corrected chi connectivity index (χ2v) is 8.41. The van der Waals surface area contributed by atoms with Gasteiger partial charge in [0.25, 0.3) is 0 Å². The first-order chi connectivity index (χ1) is 9.76. The molecule has 3 atom stereocenters. The van der Waals surface area contributed by atoms with Crippen molar-refractivity contribution >= 4 is 0 Å². The number of hydrogen-bond acceptors (Lipinski definition) is 2. The molecule has 1 aliphatic heterocycles. The van der Waals surface area contributed by atoms with Crippen molar-refractivity contribution < 1.29 is 0 Å². The second kappa shape index (κ2) is 5.28. The Bertz CT molecular complexity index is 337. The van der Waals surface area contributed by atoms with Crippen molar-refractivity contribution in [3.05, 3.63) is 0 Å². The van der Waals surface area contributed by atoms with Crippen LogP contribution < -0.4 is 5.73 Å². The molecule has 2 nitrogen and oxygen atoms in total. The molecular weight excluding hydrogens is 244 g/mol. The Kier molecular flexibility index (Phi) is 3.58. The van der Waals surface area contributed by atoms with Gasteiger partial charge in [-0.1, -0.05) is 19.3 Å². The molecule has 20 heavy (non-hydrogen) atoms. The molecule has 3 unspecified atom stereocenters. The Morgan fingerprint density at radius 2 is 1.55 bits per heavy atom. The third kappa shape index (κ3) is 2.33. The van der Waals surface area contributed by atoms with Crippen LogP contribution in [0.1, 0.15) is 70.6 Å². The summed E-state index contributed by atoms with van der Waals surface area (Å²) in [7, 11) is 0. The van der Waals surface area contributed by atoms with Crippen molar-refractivity contribution in [1.82, 2.24) is 4.90 Å². The molecule has 4 rings (SSSR count). The van der Waals surface area contributed by atoms with E-state index in [1.165, 1.54) is 83.7 Å². The summed E-state index contributed by atoms with van der Waals surface area (Å²) in [5.41, 5.74) is 7.17. The van der Waals surface area contributed by atoms with Crippen LogP contribution in [0.2, 0.25) is 0 Å². The summed E-state index contributed by atoms with van der Waals surface area (Å²) >= 11 is 0. The van der Waals surface area contributed by atoms with Crippen LogP contribution in [0.4, 0.5) is 0 Å². The zero-order chi connectivity index (χ0) is 13.6. The molecular formula is C18H32N2. The van der Waals surface area contributed by atoms with Gasteiger partial charge in [0.05, 0.1) is 0 Å². The standard InChI is InChI=1S/C18H32N2/c19-17-5-3-4-14-12-20(13-16(14)17)15-6-10-18(11-7-15)8-1-2-9-18/h14-17H,1-13,19H2. The van der Waals surface area contributed by atoms with E-state index in [9.17, 15) is 0 Å². The van der Waals surface area contributed by atoms with Gasteiger partial charge < -0.3 is 5.73 Å². The highest BCUT2D eigenvalue weighted by Crippen LogP contribution is 2.50. The zero-order valence-electron chi connectivity index (χ0n) is 13.0. The molecule has 0 radical (unpaired) electrons. The maximum absolute atomic E-state index is 6.38. The molecule has 3 aliphatic carbocycles. The number of nitrogens with two attached hydrogens (primary N) is 1. The topological polar surface area (TPSA) is 29.3 Å². The highest BCUT2D eigenvalue weighted by Gasteiger charge is 2.44. The normalized spacial score (nSPS) is 42.1. The van der Waals surface area contributed by atoms with E-state index in [0.717, 1.165) is 23.3 Å². The van der Waals surface area contributed by atoms with Crippen LogP contribution >= 0.6 is 0 Å². The Morgan fingerprint density at radius 3 is 2.25 bits per heavy atom. The van der Waals surface area contributed by atoms with Gasteiger partial charge in [0.15, 0.2) is 0 Å². The van der Waals surface area contributed by atoms with E-state index in [-0.39, 0.29) is 0 Å². The summed E-state index contributed by atoms with van der Waals surface area (Å²) in [6.45, 7) is 2.69. The van der Waals surface area contributed by atoms with Crippen LogP contribution in [0.5, 0.6) is 0 Å². The maximum Gasteiger partial charge on any atom is 0.00959 e. The van der Waals surface area contributed by atoms with Crippen molar-refractivity contribution in [3.63, 3.8) is 0 Å². The number of hydrogen-bond donors (Lipinski definition) is 1. The quantitative estimate of drug-likeness (QED) is 0.793. The fraction of sp³-hybridized carbons (Fsp3) is 1.00. The SMILES string of the molecule is NC1CCCC2CN(C3CCC4(CCCC4)CC3)CC12. The predicted octanol–water partition coefficient (Wildman–Crippen LogP) is 3.55. The van der Waals surface area contributed by atoms with Crippen molar-refractivity contribution in [2.75, 3.05) is 13.1 Å². The highest BCUT2D eigenvalue weighted by molar-refractivity contribution is 4.98. The summed E-state index contributed by atoms with van der Waals surface area (Å²) in [4.78, 5) is 2.85. The molecule has 2 N–H and O–H groups in total. The summed E-state index contributed by atoms with van der Waals surface area (Å²) < 4.78 is 0. The first kappa shape index (κ1) is 13.6. The second-order valence-electron chi connectivity index (χ2n) is 8.41. The molecule has 0 bridgehead atoms.